The van der Waals surface area contributed by atoms with Crippen LogP contribution in [-0.4, -0.2) is 22.8 Å². The molecule has 3 N–H and O–H groups in total. The number of para-hydroxylation sites is 1. The summed E-state index contributed by atoms with van der Waals surface area (Å²) < 4.78 is 18.3. The summed E-state index contributed by atoms with van der Waals surface area (Å²) in [7, 11) is 0. The molecule has 1 atom stereocenters. The monoisotopic (exact) mass is 438 g/mol. The minimum Gasteiger partial charge on any atom is -0.481 e. The van der Waals surface area contributed by atoms with Gasteiger partial charge in [-0.3, -0.25) is 30.6 Å². The Balaban J connectivity index is 1.62. The zero-order chi connectivity index (χ0) is 23.1. The van der Waals surface area contributed by atoms with Crippen LogP contribution in [0.4, 0.5) is 21.5 Å². The van der Waals surface area contributed by atoms with E-state index in [0.717, 1.165) is 6.07 Å². The van der Waals surface area contributed by atoms with Gasteiger partial charge in [0.15, 0.2) is 6.10 Å². The maximum Gasteiger partial charge on any atom is 0.293 e. The van der Waals surface area contributed by atoms with Crippen LogP contribution in [0.1, 0.15) is 17.3 Å². The fraction of sp³-hybridized carbons (Fsp3) is 0.0909. The number of halogens is 1. The summed E-state index contributed by atoms with van der Waals surface area (Å²) >= 11 is 0. The van der Waals surface area contributed by atoms with E-state index in [2.05, 4.69) is 16.2 Å². The van der Waals surface area contributed by atoms with Crippen LogP contribution in [-0.2, 0) is 4.79 Å². The molecule has 164 valence electrons. The number of amides is 2. The van der Waals surface area contributed by atoms with Crippen molar-refractivity contribution in [2.24, 2.45) is 0 Å². The Hall–Kier alpha value is -4.47. The highest BCUT2D eigenvalue weighted by atomic mass is 19.1. The van der Waals surface area contributed by atoms with E-state index in [-0.39, 0.29) is 22.7 Å². The lowest BCUT2D eigenvalue weighted by Crippen LogP contribution is -2.47. The highest BCUT2D eigenvalue weighted by Crippen LogP contribution is 2.28. The van der Waals surface area contributed by atoms with Crippen LogP contribution < -0.4 is 20.9 Å². The molecule has 9 nitrogen and oxygen atoms in total. The summed E-state index contributed by atoms with van der Waals surface area (Å²) in [5, 5.41) is 14.4. The number of anilines is 2. The van der Waals surface area contributed by atoms with Crippen LogP contribution in [0, 0.1) is 15.9 Å². The van der Waals surface area contributed by atoms with E-state index in [0.29, 0.717) is 5.69 Å². The van der Waals surface area contributed by atoms with Crippen LogP contribution in [0.2, 0.25) is 0 Å². The number of carbonyl (C=O) groups excluding carboxylic acids is 2. The Morgan fingerprint density at radius 3 is 2.34 bits per heavy atom. The van der Waals surface area contributed by atoms with Crippen molar-refractivity contribution in [3.8, 4) is 5.75 Å². The molecule has 0 saturated carbocycles. The third-order valence-electron chi connectivity index (χ3n) is 4.30. The normalized spacial score (nSPS) is 11.2. The van der Waals surface area contributed by atoms with Gasteiger partial charge in [-0.2, -0.15) is 0 Å². The largest absolute Gasteiger partial charge is 0.481 e. The molecule has 3 rings (SSSR count). The average molecular weight is 438 g/mol. The molecule has 0 radical (unpaired) electrons. The Labute approximate surface area is 182 Å². The van der Waals surface area contributed by atoms with Crippen molar-refractivity contribution in [1.82, 2.24) is 10.9 Å². The maximum absolute atomic E-state index is 12.9. The van der Waals surface area contributed by atoms with Gasteiger partial charge in [0.05, 0.1) is 4.92 Å². The maximum atomic E-state index is 12.9. The number of rotatable bonds is 7. The zero-order valence-corrected chi connectivity index (χ0v) is 16.9. The molecule has 0 aliphatic carbocycles. The molecule has 3 aromatic rings. The molecule has 0 fully saturated rings. The first-order chi connectivity index (χ1) is 15.3. The smallest absolute Gasteiger partial charge is 0.293 e. The van der Waals surface area contributed by atoms with E-state index < -0.39 is 28.7 Å². The standard InChI is InChI=1S/C22H19FN4O5/c1-14(32-18-10-8-16(23)9-11-18)21(28)25-26-22(29)15-7-12-19(20(13-15)27(30)31)24-17-5-3-2-4-6-17/h2-14,24H,1H3,(H,25,28)(H,26,29). The van der Waals surface area contributed by atoms with Crippen molar-refractivity contribution >= 4 is 28.9 Å². The minimum absolute atomic E-state index is 0.0253. The first-order valence-corrected chi connectivity index (χ1v) is 9.46. The quantitative estimate of drug-likeness (QED) is 0.382. The van der Waals surface area contributed by atoms with Gasteiger partial charge in [0.25, 0.3) is 17.5 Å². The lowest BCUT2D eigenvalue weighted by Gasteiger charge is -2.15. The Kier molecular flexibility index (Phi) is 6.96. The summed E-state index contributed by atoms with van der Waals surface area (Å²) in [5.41, 5.74) is 4.91. The average Bonchev–Trinajstić information content (AvgIpc) is 2.79. The number of benzene rings is 3. The molecule has 0 spiro atoms. The third kappa shape index (κ3) is 5.79. The number of hydrogen-bond acceptors (Lipinski definition) is 6. The van der Waals surface area contributed by atoms with Gasteiger partial charge < -0.3 is 10.1 Å². The molecule has 1 unspecified atom stereocenters. The first-order valence-electron chi connectivity index (χ1n) is 9.46. The predicted molar refractivity (Wildman–Crippen MR) is 115 cm³/mol. The number of nitro groups is 1. The van der Waals surface area contributed by atoms with Crippen LogP contribution in [0.5, 0.6) is 5.75 Å². The fourth-order valence-electron chi connectivity index (χ4n) is 2.67. The van der Waals surface area contributed by atoms with E-state index >= 15 is 0 Å². The van der Waals surface area contributed by atoms with Crippen molar-refractivity contribution in [2.75, 3.05) is 5.32 Å². The molecular weight excluding hydrogens is 419 g/mol. The topological polar surface area (TPSA) is 123 Å². The molecule has 10 heteroatoms. The van der Waals surface area contributed by atoms with Gasteiger partial charge in [-0.05, 0) is 55.5 Å². The molecule has 3 aromatic carbocycles. The number of hydrogen-bond donors (Lipinski definition) is 3. The first kappa shape index (κ1) is 22.2. The second-order valence-corrected chi connectivity index (χ2v) is 6.64. The van der Waals surface area contributed by atoms with Gasteiger partial charge in [0, 0.05) is 17.3 Å². The summed E-state index contributed by atoms with van der Waals surface area (Å²) in [6.07, 6.45) is -0.993. The highest BCUT2D eigenvalue weighted by molar-refractivity contribution is 5.97. The lowest BCUT2D eigenvalue weighted by atomic mass is 10.1. The van der Waals surface area contributed by atoms with Crippen molar-refractivity contribution in [1.29, 1.82) is 0 Å². The van der Waals surface area contributed by atoms with Crippen LogP contribution in [0.25, 0.3) is 0 Å². The van der Waals surface area contributed by atoms with E-state index in [1.165, 1.54) is 43.3 Å². The lowest BCUT2D eigenvalue weighted by molar-refractivity contribution is -0.383. The van der Waals surface area contributed by atoms with Gasteiger partial charge in [0.2, 0.25) is 0 Å². The van der Waals surface area contributed by atoms with Crippen molar-refractivity contribution in [2.45, 2.75) is 13.0 Å². The number of carbonyl (C=O) groups is 2. The highest BCUT2D eigenvalue weighted by Gasteiger charge is 2.20. The van der Waals surface area contributed by atoms with Gasteiger partial charge in [0.1, 0.15) is 17.3 Å². The number of nitrogens with one attached hydrogen (secondary N) is 3. The summed E-state index contributed by atoms with van der Waals surface area (Å²) in [6.45, 7) is 1.44. The third-order valence-corrected chi connectivity index (χ3v) is 4.30. The number of ether oxygens (including phenoxy) is 1. The number of nitrogens with zero attached hydrogens (tertiary/aromatic N) is 1. The van der Waals surface area contributed by atoms with Gasteiger partial charge >= 0.3 is 0 Å². The van der Waals surface area contributed by atoms with Crippen LogP contribution in [0.3, 0.4) is 0 Å². The Morgan fingerprint density at radius 2 is 1.69 bits per heavy atom. The molecule has 0 saturated heterocycles. The number of hydrazine groups is 1. The van der Waals surface area contributed by atoms with Crippen molar-refractivity contribution in [3.05, 3.63) is 94.3 Å². The zero-order valence-electron chi connectivity index (χ0n) is 16.9. The minimum atomic E-state index is -0.993. The van der Waals surface area contributed by atoms with Crippen LogP contribution in [0.15, 0.2) is 72.8 Å². The summed E-state index contributed by atoms with van der Waals surface area (Å²) in [5.74, 6) is -1.58. The molecule has 0 bridgehead atoms. The second kappa shape index (κ2) is 10.0. The van der Waals surface area contributed by atoms with Crippen LogP contribution >= 0.6 is 0 Å². The molecule has 2 amide bonds. The SMILES string of the molecule is CC(Oc1ccc(F)cc1)C(=O)NNC(=O)c1ccc(Nc2ccccc2)c([N+](=O)[O-])c1. The van der Waals surface area contributed by atoms with E-state index in [1.807, 2.05) is 6.07 Å². The van der Waals surface area contributed by atoms with Gasteiger partial charge in [-0.1, -0.05) is 18.2 Å². The summed E-state index contributed by atoms with van der Waals surface area (Å²) in [4.78, 5) is 35.3. The molecule has 0 heterocycles. The molecule has 0 aromatic heterocycles. The van der Waals surface area contributed by atoms with E-state index in [9.17, 15) is 24.1 Å². The molecule has 0 aliphatic heterocycles. The Morgan fingerprint density at radius 1 is 1.00 bits per heavy atom. The molecule has 32 heavy (non-hydrogen) atoms. The second-order valence-electron chi connectivity index (χ2n) is 6.64. The van der Waals surface area contributed by atoms with E-state index in [1.54, 1.807) is 24.3 Å². The predicted octanol–water partition coefficient (Wildman–Crippen LogP) is 3.71. The van der Waals surface area contributed by atoms with Crippen molar-refractivity contribution in [3.63, 3.8) is 0 Å². The van der Waals surface area contributed by atoms with E-state index in [4.69, 9.17) is 4.74 Å². The molecular formula is C22H19FN4O5. The molecule has 0 aliphatic rings. The Bertz CT molecular complexity index is 1120. The van der Waals surface area contributed by atoms with Gasteiger partial charge in [-0.15, -0.1) is 0 Å². The fourth-order valence-corrected chi connectivity index (χ4v) is 2.67. The number of nitro benzene ring substituents is 1. The van der Waals surface area contributed by atoms with Gasteiger partial charge in [-0.25, -0.2) is 4.39 Å². The summed E-state index contributed by atoms with van der Waals surface area (Å²) in [6, 6.07) is 17.8. The van der Waals surface area contributed by atoms with Crippen molar-refractivity contribution < 1.29 is 23.6 Å².